The zero-order valence-corrected chi connectivity index (χ0v) is 23.4. The van der Waals surface area contributed by atoms with E-state index in [-0.39, 0.29) is 11.4 Å². The van der Waals surface area contributed by atoms with Crippen molar-refractivity contribution in [2.75, 3.05) is 36.7 Å². The molecule has 3 rings (SSSR count). The molecule has 0 saturated heterocycles. The molecule has 0 aliphatic carbocycles. The summed E-state index contributed by atoms with van der Waals surface area (Å²) in [6, 6.07) is 15.3. The molecule has 0 fully saturated rings. The molecule has 35 heavy (non-hydrogen) atoms. The Kier molecular flexibility index (Phi) is 11.2. The van der Waals surface area contributed by atoms with E-state index in [0.29, 0.717) is 12.4 Å². The first-order chi connectivity index (χ1) is 17.1. The van der Waals surface area contributed by atoms with Crippen LogP contribution in [0, 0.1) is 5.41 Å². The molecule has 0 unspecified atom stereocenters. The van der Waals surface area contributed by atoms with E-state index < -0.39 is 0 Å². The highest BCUT2D eigenvalue weighted by Crippen LogP contribution is 2.49. The number of unbranched alkanes of at least 4 members (excludes halogenated alkanes) is 2. The van der Waals surface area contributed by atoms with E-state index in [2.05, 4.69) is 61.2 Å². The molecular formula is C29H41NO3S2. The summed E-state index contributed by atoms with van der Waals surface area (Å²) in [4.78, 5) is 15.7. The van der Waals surface area contributed by atoms with Crippen molar-refractivity contribution in [3.63, 3.8) is 0 Å². The minimum atomic E-state index is -0.160. The summed E-state index contributed by atoms with van der Waals surface area (Å²) in [7, 11) is 1.74. The maximum Gasteiger partial charge on any atom is 0.315 e. The Balaban J connectivity index is 1.97. The quantitative estimate of drug-likeness (QED) is 0.251. The summed E-state index contributed by atoms with van der Waals surface area (Å²) >= 11 is 3.58. The number of rotatable bonds is 13. The van der Waals surface area contributed by atoms with Crippen molar-refractivity contribution >= 4 is 40.9 Å². The highest BCUT2D eigenvalue weighted by Gasteiger charge is 2.36. The van der Waals surface area contributed by atoms with E-state index in [1.807, 2.05) is 18.7 Å². The number of fused-ring (bicyclic) bond motifs is 1. The minimum absolute atomic E-state index is 0.160. The number of carbonyl (C=O) groups is 1. The van der Waals surface area contributed by atoms with Crippen LogP contribution in [-0.2, 0) is 15.3 Å². The summed E-state index contributed by atoms with van der Waals surface area (Å²) in [6.45, 7) is 7.88. The molecule has 1 heterocycles. The zero-order valence-electron chi connectivity index (χ0n) is 21.8. The standard InChI is InChI=1S/C29H41NO3S2/c1-5-8-15-29(16-9-6-2)21-30(24-13-11-10-12-14-24)25-18-26(32-4)23(17-27(25)35-22-29)19-34-20-28(31)33-7-3/h10-14,17-18H,5-9,15-16,19-22H2,1-4H3. The number of ether oxygens (including phenoxy) is 2. The molecular weight excluding hydrogens is 474 g/mol. The van der Waals surface area contributed by atoms with Crippen molar-refractivity contribution in [3.8, 4) is 5.75 Å². The van der Waals surface area contributed by atoms with Crippen LogP contribution in [0.15, 0.2) is 47.4 Å². The van der Waals surface area contributed by atoms with Crippen LogP contribution in [-0.4, -0.2) is 37.7 Å². The second kappa shape index (κ2) is 14.1. The Morgan fingerprint density at radius 2 is 1.80 bits per heavy atom. The lowest BCUT2D eigenvalue weighted by atomic mass is 9.79. The fourth-order valence-electron chi connectivity index (χ4n) is 4.73. The van der Waals surface area contributed by atoms with Crippen LogP contribution >= 0.6 is 23.5 Å². The van der Waals surface area contributed by atoms with Gasteiger partial charge in [0.05, 0.1) is 25.2 Å². The third-order valence-electron chi connectivity index (χ3n) is 6.65. The van der Waals surface area contributed by atoms with Gasteiger partial charge in [0.15, 0.2) is 0 Å². The molecule has 0 bridgehead atoms. The Morgan fingerprint density at radius 1 is 1.09 bits per heavy atom. The van der Waals surface area contributed by atoms with E-state index in [1.165, 1.54) is 54.8 Å². The molecule has 0 saturated carbocycles. The van der Waals surface area contributed by atoms with Crippen molar-refractivity contribution in [2.24, 2.45) is 5.41 Å². The van der Waals surface area contributed by atoms with Crippen LogP contribution in [0.2, 0.25) is 0 Å². The van der Waals surface area contributed by atoms with E-state index in [0.717, 1.165) is 29.4 Å². The molecule has 0 amide bonds. The number of benzene rings is 2. The van der Waals surface area contributed by atoms with Gasteiger partial charge < -0.3 is 14.4 Å². The summed E-state index contributed by atoms with van der Waals surface area (Å²) in [5, 5.41) is 0. The maximum absolute atomic E-state index is 11.8. The predicted octanol–water partition coefficient (Wildman–Crippen LogP) is 8.10. The second-order valence-corrected chi connectivity index (χ2v) is 11.3. The third-order valence-corrected chi connectivity index (χ3v) is 9.00. The van der Waals surface area contributed by atoms with Gasteiger partial charge in [0, 0.05) is 40.3 Å². The van der Waals surface area contributed by atoms with Crippen LogP contribution < -0.4 is 9.64 Å². The first-order valence-electron chi connectivity index (χ1n) is 13.0. The number of carbonyl (C=O) groups excluding carboxylic acids is 1. The normalized spacial score (nSPS) is 14.8. The lowest BCUT2D eigenvalue weighted by molar-refractivity contribution is -0.139. The molecule has 0 spiro atoms. The van der Waals surface area contributed by atoms with Gasteiger partial charge in [0.2, 0.25) is 0 Å². The number of esters is 1. The van der Waals surface area contributed by atoms with Gasteiger partial charge >= 0.3 is 5.97 Å². The number of thioether (sulfide) groups is 2. The summed E-state index contributed by atoms with van der Waals surface area (Å²) < 4.78 is 10.9. The Bertz CT molecular complexity index is 927. The predicted molar refractivity (Wildman–Crippen MR) is 151 cm³/mol. The van der Waals surface area contributed by atoms with Crippen LogP contribution in [0.1, 0.15) is 64.9 Å². The largest absolute Gasteiger partial charge is 0.496 e. The molecule has 192 valence electrons. The van der Waals surface area contributed by atoms with Crippen molar-refractivity contribution in [3.05, 3.63) is 48.0 Å². The summed E-state index contributed by atoms with van der Waals surface area (Å²) in [6.07, 6.45) is 7.50. The van der Waals surface area contributed by atoms with Gasteiger partial charge in [-0.2, -0.15) is 0 Å². The van der Waals surface area contributed by atoms with Gasteiger partial charge in [-0.25, -0.2) is 0 Å². The number of para-hydroxylation sites is 1. The van der Waals surface area contributed by atoms with Crippen molar-refractivity contribution < 1.29 is 14.3 Å². The van der Waals surface area contributed by atoms with Crippen LogP contribution in [0.25, 0.3) is 0 Å². The van der Waals surface area contributed by atoms with Crippen LogP contribution in [0.5, 0.6) is 5.75 Å². The highest BCUT2D eigenvalue weighted by atomic mass is 32.2. The molecule has 0 aromatic heterocycles. The first-order valence-corrected chi connectivity index (χ1v) is 15.1. The number of anilines is 2. The molecule has 4 nitrogen and oxygen atoms in total. The van der Waals surface area contributed by atoms with Crippen molar-refractivity contribution in [1.82, 2.24) is 0 Å². The van der Waals surface area contributed by atoms with Gasteiger partial charge in [-0.3, -0.25) is 4.79 Å². The Hall–Kier alpha value is -1.79. The topological polar surface area (TPSA) is 38.8 Å². The van der Waals surface area contributed by atoms with Crippen molar-refractivity contribution in [1.29, 1.82) is 0 Å². The van der Waals surface area contributed by atoms with Gasteiger partial charge in [-0.1, -0.05) is 57.7 Å². The first kappa shape index (κ1) is 27.8. The van der Waals surface area contributed by atoms with E-state index in [9.17, 15) is 4.79 Å². The molecule has 2 aromatic carbocycles. The maximum atomic E-state index is 11.8. The average molecular weight is 516 g/mol. The summed E-state index contributed by atoms with van der Waals surface area (Å²) in [5.41, 5.74) is 3.88. The Labute approximate surface area is 220 Å². The summed E-state index contributed by atoms with van der Waals surface area (Å²) in [5.74, 6) is 2.93. The fourth-order valence-corrected chi connectivity index (χ4v) is 6.92. The zero-order chi connectivity index (χ0) is 25.1. The van der Waals surface area contributed by atoms with E-state index >= 15 is 0 Å². The Morgan fingerprint density at radius 3 is 2.43 bits per heavy atom. The number of hydrogen-bond acceptors (Lipinski definition) is 6. The molecule has 2 aromatic rings. The highest BCUT2D eigenvalue weighted by molar-refractivity contribution is 7.99. The molecule has 0 atom stereocenters. The lowest BCUT2D eigenvalue weighted by Crippen LogP contribution is -2.36. The molecule has 1 aliphatic heterocycles. The lowest BCUT2D eigenvalue weighted by Gasteiger charge is -2.37. The number of nitrogens with zero attached hydrogens (tertiary/aromatic N) is 1. The van der Waals surface area contributed by atoms with Crippen LogP contribution in [0.4, 0.5) is 11.4 Å². The van der Waals surface area contributed by atoms with Gasteiger partial charge in [0.25, 0.3) is 0 Å². The van der Waals surface area contributed by atoms with Gasteiger partial charge in [-0.15, -0.1) is 23.5 Å². The number of methoxy groups -OCH3 is 1. The van der Waals surface area contributed by atoms with E-state index in [4.69, 9.17) is 9.47 Å². The second-order valence-electron chi connectivity index (χ2n) is 9.35. The SMILES string of the molecule is CCCCC1(CCCC)CSc2cc(CSCC(=O)OCC)c(OC)cc2N(c2ccccc2)C1. The molecule has 0 N–H and O–H groups in total. The van der Waals surface area contributed by atoms with Crippen molar-refractivity contribution in [2.45, 2.75) is 69.9 Å². The smallest absolute Gasteiger partial charge is 0.315 e. The monoisotopic (exact) mass is 515 g/mol. The molecule has 1 aliphatic rings. The minimum Gasteiger partial charge on any atom is -0.496 e. The third kappa shape index (κ3) is 7.60. The fraction of sp³-hybridized carbons (Fsp3) is 0.552. The van der Waals surface area contributed by atoms with Gasteiger partial charge in [-0.05, 0) is 43.4 Å². The molecule has 6 heteroatoms. The molecule has 0 radical (unpaired) electrons. The van der Waals surface area contributed by atoms with Crippen LogP contribution in [0.3, 0.4) is 0 Å². The average Bonchev–Trinajstić information content (AvgIpc) is 3.03. The van der Waals surface area contributed by atoms with Gasteiger partial charge in [0.1, 0.15) is 5.75 Å². The van der Waals surface area contributed by atoms with E-state index in [1.54, 1.807) is 18.9 Å². The number of hydrogen-bond donors (Lipinski definition) is 0.